The van der Waals surface area contributed by atoms with Crippen LogP contribution < -0.4 is 27.4 Å². The van der Waals surface area contributed by atoms with Crippen molar-refractivity contribution in [1.82, 2.24) is 16.0 Å². The van der Waals surface area contributed by atoms with E-state index in [0.29, 0.717) is 19.4 Å². The number of rotatable bonds is 12. The molecule has 4 unspecified atom stereocenters. The number of unbranched alkanes of at least 4 members (excludes halogenated alkanes) is 1. The Kier molecular flexibility index (Phi) is 11.1. The Labute approximate surface area is 151 Å². The first-order valence-electron chi connectivity index (χ1n) is 8.34. The molecule has 0 fully saturated rings. The highest BCUT2D eigenvalue weighted by Gasteiger charge is 2.24. The number of hydrogen-bond donors (Lipinski definition) is 7. The average molecular weight is 375 g/mol. The third kappa shape index (κ3) is 9.30. The maximum atomic E-state index is 11.9. The van der Waals surface area contributed by atoms with Gasteiger partial charge in [-0.05, 0) is 39.7 Å². The van der Waals surface area contributed by atoms with Crippen molar-refractivity contribution < 1.29 is 29.4 Å². The topological polar surface area (TPSA) is 197 Å². The lowest BCUT2D eigenvalue weighted by molar-refractivity contribution is -0.142. The van der Waals surface area contributed by atoms with Crippen LogP contribution in [0.3, 0.4) is 0 Å². The predicted octanol–water partition coefficient (Wildman–Crippen LogP) is -2.99. The second kappa shape index (κ2) is 12.2. The Morgan fingerprint density at radius 2 is 1.65 bits per heavy atom. The zero-order chi connectivity index (χ0) is 20.3. The molecule has 4 atom stereocenters. The van der Waals surface area contributed by atoms with Gasteiger partial charge in [0.1, 0.15) is 18.1 Å². The van der Waals surface area contributed by atoms with Crippen LogP contribution in [0.15, 0.2) is 0 Å². The van der Waals surface area contributed by atoms with E-state index >= 15 is 0 Å². The van der Waals surface area contributed by atoms with Gasteiger partial charge in [0.05, 0.1) is 12.6 Å². The van der Waals surface area contributed by atoms with Crippen molar-refractivity contribution in [2.75, 3.05) is 13.1 Å². The summed E-state index contributed by atoms with van der Waals surface area (Å²) >= 11 is 0. The maximum absolute atomic E-state index is 11.9. The van der Waals surface area contributed by atoms with Crippen molar-refractivity contribution in [3.05, 3.63) is 0 Å². The number of amides is 3. The van der Waals surface area contributed by atoms with Crippen molar-refractivity contribution in [2.45, 2.75) is 57.3 Å². The molecule has 0 aliphatic heterocycles. The monoisotopic (exact) mass is 375 g/mol. The molecule has 0 spiro atoms. The van der Waals surface area contributed by atoms with Crippen LogP contribution in [0.2, 0.25) is 0 Å². The number of hydrogen-bond acceptors (Lipinski definition) is 7. The van der Waals surface area contributed by atoms with Crippen molar-refractivity contribution >= 4 is 23.7 Å². The maximum Gasteiger partial charge on any atom is 0.326 e. The number of carbonyl (C=O) groups is 4. The number of carboxylic acids is 1. The average Bonchev–Trinajstić information content (AvgIpc) is 2.57. The van der Waals surface area contributed by atoms with Gasteiger partial charge in [-0.15, -0.1) is 0 Å². The molecule has 11 nitrogen and oxygen atoms in total. The molecule has 0 radical (unpaired) electrons. The third-order valence-electron chi connectivity index (χ3n) is 3.58. The van der Waals surface area contributed by atoms with Crippen LogP contribution in [0, 0.1) is 0 Å². The summed E-state index contributed by atoms with van der Waals surface area (Å²) in [5, 5.41) is 25.2. The van der Waals surface area contributed by atoms with E-state index in [0.717, 1.165) is 0 Å². The highest BCUT2D eigenvalue weighted by atomic mass is 16.4. The fourth-order valence-electron chi connectivity index (χ4n) is 1.91. The molecule has 0 heterocycles. The summed E-state index contributed by atoms with van der Waals surface area (Å²) < 4.78 is 0. The summed E-state index contributed by atoms with van der Waals surface area (Å²) in [5.74, 6) is -3.20. The van der Waals surface area contributed by atoms with Crippen LogP contribution in [0.25, 0.3) is 0 Å². The zero-order valence-electron chi connectivity index (χ0n) is 15.0. The van der Waals surface area contributed by atoms with E-state index in [1.807, 2.05) is 0 Å². The lowest BCUT2D eigenvalue weighted by Gasteiger charge is -2.19. The molecule has 0 bridgehead atoms. The fraction of sp³-hybridized carbons (Fsp3) is 0.733. The van der Waals surface area contributed by atoms with Gasteiger partial charge in [-0.25, -0.2) is 4.79 Å². The minimum atomic E-state index is -1.18. The van der Waals surface area contributed by atoms with Crippen molar-refractivity contribution in [3.63, 3.8) is 0 Å². The number of aliphatic carboxylic acids is 1. The highest BCUT2D eigenvalue weighted by Crippen LogP contribution is 2.00. The summed E-state index contributed by atoms with van der Waals surface area (Å²) in [5.41, 5.74) is 10.8. The molecule has 0 saturated carbocycles. The summed E-state index contributed by atoms with van der Waals surface area (Å²) in [7, 11) is 0. The zero-order valence-corrected chi connectivity index (χ0v) is 15.0. The van der Waals surface area contributed by atoms with Crippen LogP contribution in [0.5, 0.6) is 0 Å². The standard InChI is InChI=1S/C15H29N5O6/c1-8(19-14(24)12(17)9(2)21)13(23)18-7-11(22)20-10(15(25)26)5-3-4-6-16/h8-10,12,21H,3-7,16-17H2,1-2H3,(H,18,23)(H,19,24)(H,20,22)(H,25,26). The Morgan fingerprint density at radius 1 is 1.04 bits per heavy atom. The molecule has 0 aromatic heterocycles. The van der Waals surface area contributed by atoms with Gasteiger partial charge in [0.2, 0.25) is 17.7 Å². The van der Waals surface area contributed by atoms with Gasteiger partial charge in [-0.3, -0.25) is 14.4 Å². The Balaban J connectivity index is 4.36. The lowest BCUT2D eigenvalue weighted by Crippen LogP contribution is -2.54. The van der Waals surface area contributed by atoms with Crippen LogP contribution in [-0.4, -0.2) is 71.2 Å². The number of aliphatic hydroxyl groups is 1. The number of nitrogens with two attached hydrogens (primary N) is 2. The first-order valence-corrected chi connectivity index (χ1v) is 8.34. The van der Waals surface area contributed by atoms with E-state index < -0.39 is 54.5 Å². The molecular formula is C15H29N5O6. The first-order chi connectivity index (χ1) is 12.1. The van der Waals surface area contributed by atoms with Gasteiger partial charge in [0, 0.05) is 0 Å². The third-order valence-corrected chi connectivity index (χ3v) is 3.58. The van der Waals surface area contributed by atoms with Crippen LogP contribution in [0.1, 0.15) is 33.1 Å². The van der Waals surface area contributed by atoms with E-state index in [2.05, 4.69) is 16.0 Å². The smallest absolute Gasteiger partial charge is 0.326 e. The molecule has 3 amide bonds. The summed E-state index contributed by atoms with van der Waals surface area (Å²) in [6, 6.07) is -3.23. The second-order valence-electron chi connectivity index (χ2n) is 5.96. The van der Waals surface area contributed by atoms with Crippen molar-refractivity contribution in [3.8, 4) is 0 Å². The van der Waals surface area contributed by atoms with Gasteiger partial charge in [0.25, 0.3) is 0 Å². The first kappa shape index (κ1) is 23.8. The minimum absolute atomic E-state index is 0.232. The molecule has 0 aromatic carbocycles. The number of carbonyl (C=O) groups excluding carboxylic acids is 3. The molecule has 0 aliphatic rings. The fourth-order valence-corrected chi connectivity index (χ4v) is 1.91. The summed E-state index contributed by atoms with van der Waals surface area (Å²) in [6.07, 6.45) is 0.341. The SMILES string of the molecule is CC(NC(=O)C(N)C(C)O)C(=O)NCC(=O)NC(CCCCN)C(=O)O. The number of carboxylic acid groups (broad SMARTS) is 1. The molecule has 9 N–H and O–H groups in total. The Hall–Kier alpha value is -2.24. The lowest BCUT2D eigenvalue weighted by atomic mass is 10.1. The van der Waals surface area contributed by atoms with Gasteiger partial charge >= 0.3 is 5.97 Å². The Morgan fingerprint density at radius 3 is 2.15 bits per heavy atom. The molecule has 150 valence electrons. The van der Waals surface area contributed by atoms with Gasteiger partial charge in [-0.2, -0.15) is 0 Å². The van der Waals surface area contributed by atoms with Crippen LogP contribution >= 0.6 is 0 Å². The van der Waals surface area contributed by atoms with Gasteiger partial charge in [0.15, 0.2) is 0 Å². The van der Waals surface area contributed by atoms with E-state index in [9.17, 15) is 24.3 Å². The second-order valence-corrected chi connectivity index (χ2v) is 5.96. The summed E-state index contributed by atoms with van der Waals surface area (Å²) in [4.78, 5) is 46.4. The molecule has 11 heteroatoms. The van der Waals surface area contributed by atoms with Crippen LogP contribution in [-0.2, 0) is 19.2 Å². The molecule has 0 aliphatic carbocycles. The van der Waals surface area contributed by atoms with E-state index in [-0.39, 0.29) is 6.42 Å². The quantitative estimate of drug-likeness (QED) is 0.175. The molecule has 0 aromatic rings. The molecule has 0 rings (SSSR count). The van der Waals surface area contributed by atoms with Gasteiger partial charge < -0.3 is 37.6 Å². The molecule has 0 saturated heterocycles. The number of aliphatic hydroxyl groups excluding tert-OH is 1. The largest absolute Gasteiger partial charge is 0.480 e. The Bertz CT molecular complexity index is 499. The van der Waals surface area contributed by atoms with Gasteiger partial charge in [-0.1, -0.05) is 0 Å². The van der Waals surface area contributed by atoms with Crippen LogP contribution in [0.4, 0.5) is 0 Å². The summed E-state index contributed by atoms with van der Waals surface area (Å²) in [6.45, 7) is 2.71. The van der Waals surface area contributed by atoms with Crippen molar-refractivity contribution in [1.29, 1.82) is 0 Å². The van der Waals surface area contributed by atoms with Crippen molar-refractivity contribution in [2.24, 2.45) is 11.5 Å². The minimum Gasteiger partial charge on any atom is -0.480 e. The van der Waals surface area contributed by atoms with E-state index in [4.69, 9.17) is 16.6 Å². The molecule has 26 heavy (non-hydrogen) atoms. The number of nitrogens with one attached hydrogen (secondary N) is 3. The van der Waals surface area contributed by atoms with E-state index in [1.165, 1.54) is 13.8 Å². The normalized spacial score (nSPS) is 15.3. The predicted molar refractivity (Wildman–Crippen MR) is 92.7 cm³/mol. The highest BCUT2D eigenvalue weighted by molar-refractivity contribution is 5.92. The molecular weight excluding hydrogens is 346 g/mol. The van der Waals surface area contributed by atoms with E-state index in [1.54, 1.807) is 0 Å².